The Hall–Kier alpha value is -2.67. The van der Waals surface area contributed by atoms with Crippen LogP contribution in [0.25, 0.3) is 11.3 Å². The van der Waals surface area contributed by atoms with Crippen LogP contribution in [0.4, 0.5) is 24.0 Å². The lowest BCUT2D eigenvalue weighted by atomic mass is 10.1. The number of anilines is 2. The Balaban J connectivity index is 1.86. The Morgan fingerprint density at radius 1 is 1.12 bits per heavy atom. The number of alkyl halides is 3. The van der Waals surface area contributed by atoms with Gasteiger partial charge >= 0.3 is 6.18 Å². The van der Waals surface area contributed by atoms with E-state index in [0.29, 0.717) is 22.0 Å². The Morgan fingerprint density at radius 2 is 1.84 bits per heavy atom. The van der Waals surface area contributed by atoms with E-state index in [2.05, 4.69) is 10.3 Å². The smallest absolute Gasteiger partial charge is 0.332 e. The van der Waals surface area contributed by atoms with Gasteiger partial charge in [0.25, 0.3) is 0 Å². The first kappa shape index (κ1) is 17.2. The SMILES string of the molecule is Cc1sc(Nc2cccc(C=O)c2)nc1-c1ccc(C(F)(F)F)cc1. The summed E-state index contributed by atoms with van der Waals surface area (Å²) in [5.74, 6) is 0. The van der Waals surface area contributed by atoms with Crippen molar-refractivity contribution in [3.05, 3.63) is 64.5 Å². The van der Waals surface area contributed by atoms with Crippen LogP contribution in [-0.2, 0) is 6.18 Å². The van der Waals surface area contributed by atoms with Crippen molar-refractivity contribution in [2.45, 2.75) is 13.1 Å². The molecular formula is C18H13F3N2OS. The molecule has 7 heteroatoms. The highest BCUT2D eigenvalue weighted by atomic mass is 32.1. The number of halogens is 3. The maximum absolute atomic E-state index is 12.7. The van der Waals surface area contributed by atoms with E-state index in [9.17, 15) is 18.0 Å². The van der Waals surface area contributed by atoms with Gasteiger partial charge in [0.2, 0.25) is 0 Å². The van der Waals surface area contributed by atoms with Gasteiger partial charge < -0.3 is 5.32 Å². The van der Waals surface area contributed by atoms with E-state index in [1.54, 1.807) is 18.2 Å². The number of carbonyl (C=O) groups is 1. The number of carbonyl (C=O) groups excluding carboxylic acids is 1. The van der Waals surface area contributed by atoms with E-state index in [1.165, 1.54) is 23.5 Å². The Labute approximate surface area is 146 Å². The van der Waals surface area contributed by atoms with Crippen molar-refractivity contribution >= 4 is 28.4 Å². The fraction of sp³-hybridized carbons (Fsp3) is 0.111. The second-order valence-corrected chi connectivity index (χ2v) is 6.57. The van der Waals surface area contributed by atoms with E-state index in [4.69, 9.17) is 0 Å². The van der Waals surface area contributed by atoms with Crippen molar-refractivity contribution in [1.82, 2.24) is 4.98 Å². The first-order valence-electron chi connectivity index (χ1n) is 7.34. The number of aromatic nitrogens is 1. The molecule has 0 saturated carbocycles. The molecule has 0 spiro atoms. The number of nitrogens with one attached hydrogen (secondary N) is 1. The summed E-state index contributed by atoms with van der Waals surface area (Å²) in [6, 6.07) is 11.9. The highest BCUT2D eigenvalue weighted by molar-refractivity contribution is 7.16. The van der Waals surface area contributed by atoms with Crippen LogP contribution in [-0.4, -0.2) is 11.3 Å². The molecule has 2 aromatic carbocycles. The Bertz CT molecular complexity index is 901. The zero-order valence-corrected chi connectivity index (χ0v) is 13.9. The zero-order chi connectivity index (χ0) is 18.0. The fourth-order valence-corrected chi connectivity index (χ4v) is 3.20. The first-order chi connectivity index (χ1) is 11.9. The van der Waals surface area contributed by atoms with Crippen molar-refractivity contribution in [3.8, 4) is 11.3 Å². The van der Waals surface area contributed by atoms with Crippen LogP contribution in [0, 0.1) is 6.92 Å². The number of hydrogen-bond acceptors (Lipinski definition) is 4. The number of thiazole rings is 1. The van der Waals surface area contributed by atoms with E-state index in [0.717, 1.165) is 29.0 Å². The van der Waals surface area contributed by atoms with Crippen molar-refractivity contribution in [3.63, 3.8) is 0 Å². The molecule has 0 bridgehead atoms. The summed E-state index contributed by atoms with van der Waals surface area (Å²) in [5.41, 5.74) is 1.83. The van der Waals surface area contributed by atoms with Crippen LogP contribution in [0.2, 0.25) is 0 Å². The van der Waals surface area contributed by atoms with Gasteiger partial charge in [0.1, 0.15) is 6.29 Å². The molecule has 0 fully saturated rings. The molecule has 0 aliphatic rings. The average Bonchev–Trinajstić information content (AvgIpc) is 2.94. The molecule has 1 aromatic heterocycles. The van der Waals surface area contributed by atoms with E-state index in [-0.39, 0.29) is 0 Å². The molecule has 1 N–H and O–H groups in total. The van der Waals surface area contributed by atoms with Crippen molar-refractivity contribution in [2.75, 3.05) is 5.32 Å². The van der Waals surface area contributed by atoms with Crippen LogP contribution in [0.15, 0.2) is 48.5 Å². The number of rotatable bonds is 4. The lowest BCUT2D eigenvalue weighted by Crippen LogP contribution is -2.04. The third-order valence-corrected chi connectivity index (χ3v) is 4.44. The zero-order valence-electron chi connectivity index (χ0n) is 13.1. The topological polar surface area (TPSA) is 42.0 Å². The van der Waals surface area contributed by atoms with Crippen LogP contribution in [0.5, 0.6) is 0 Å². The summed E-state index contributed by atoms with van der Waals surface area (Å²) in [7, 11) is 0. The molecule has 0 saturated heterocycles. The molecule has 0 aliphatic carbocycles. The summed E-state index contributed by atoms with van der Waals surface area (Å²) in [6.07, 6.45) is -3.60. The van der Waals surface area contributed by atoms with E-state index in [1.807, 2.05) is 13.0 Å². The van der Waals surface area contributed by atoms with Gasteiger partial charge in [-0.15, -0.1) is 11.3 Å². The van der Waals surface area contributed by atoms with Crippen LogP contribution in [0.3, 0.4) is 0 Å². The van der Waals surface area contributed by atoms with Gasteiger partial charge in [-0.05, 0) is 31.2 Å². The molecule has 3 nitrogen and oxygen atoms in total. The second kappa shape index (κ2) is 6.68. The van der Waals surface area contributed by atoms with Gasteiger partial charge in [0.15, 0.2) is 5.13 Å². The Kier molecular flexibility index (Phi) is 4.59. The van der Waals surface area contributed by atoms with Gasteiger partial charge in [-0.25, -0.2) is 4.98 Å². The highest BCUT2D eigenvalue weighted by Crippen LogP contribution is 2.34. The molecule has 128 valence electrons. The largest absolute Gasteiger partial charge is 0.416 e. The molecular weight excluding hydrogens is 349 g/mol. The number of nitrogens with zero attached hydrogens (tertiary/aromatic N) is 1. The lowest BCUT2D eigenvalue weighted by molar-refractivity contribution is -0.137. The van der Waals surface area contributed by atoms with Crippen LogP contribution < -0.4 is 5.32 Å². The quantitative estimate of drug-likeness (QED) is 0.606. The third kappa shape index (κ3) is 3.88. The minimum atomic E-state index is -4.36. The van der Waals surface area contributed by atoms with Gasteiger partial charge in [-0.1, -0.05) is 24.3 Å². The number of aldehydes is 1. The molecule has 0 unspecified atom stereocenters. The van der Waals surface area contributed by atoms with Gasteiger partial charge in [-0.3, -0.25) is 4.79 Å². The number of aryl methyl sites for hydroxylation is 1. The molecule has 25 heavy (non-hydrogen) atoms. The maximum atomic E-state index is 12.7. The van der Waals surface area contributed by atoms with E-state index >= 15 is 0 Å². The molecule has 0 radical (unpaired) electrons. The van der Waals surface area contributed by atoms with Crippen molar-refractivity contribution in [1.29, 1.82) is 0 Å². The molecule has 1 heterocycles. The second-order valence-electron chi connectivity index (χ2n) is 5.37. The molecule has 3 rings (SSSR count). The maximum Gasteiger partial charge on any atom is 0.416 e. The van der Waals surface area contributed by atoms with Crippen LogP contribution in [0.1, 0.15) is 20.8 Å². The number of hydrogen-bond donors (Lipinski definition) is 1. The summed E-state index contributed by atoms with van der Waals surface area (Å²) < 4.78 is 38.0. The van der Waals surface area contributed by atoms with Crippen LogP contribution >= 0.6 is 11.3 Å². The number of benzene rings is 2. The van der Waals surface area contributed by atoms with Gasteiger partial charge in [0, 0.05) is 21.7 Å². The summed E-state index contributed by atoms with van der Waals surface area (Å²) in [5, 5.41) is 3.72. The van der Waals surface area contributed by atoms with E-state index < -0.39 is 11.7 Å². The minimum Gasteiger partial charge on any atom is -0.332 e. The van der Waals surface area contributed by atoms with Gasteiger partial charge in [-0.2, -0.15) is 13.2 Å². The molecule has 3 aromatic rings. The normalized spacial score (nSPS) is 11.4. The summed E-state index contributed by atoms with van der Waals surface area (Å²) in [4.78, 5) is 16.2. The molecule has 0 aliphatic heterocycles. The molecule has 0 amide bonds. The van der Waals surface area contributed by atoms with Crippen molar-refractivity contribution < 1.29 is 18.0 Å². The lowest BCUT2D eigenvalue weighted by Gasteiger charge is -2.07. The minimum absolute atomic E-state index is 0.543. The summed E-state index contributed by atoms with van der Waals surface area (Å²) in [6.45, 7) is 1.86. The predicted octanol–water partition coefficient (Wildman–Crippen LogP) is 5.69. The van der Waals surface area contributed by atoms with Gasteiger partial charge in [0.05, 0.1) is 11.3 Å². The molecule has 0 atom stereocenters. The predicted molar refractivity (Wildman–Crippen MR) is 92.4 cm³/mol. The fourth-order valence-electron chi connectivity index (χ4n) is 2.35. The van der Waals surface area contributed by atoms with Crippen molar-refractivity contribution in [2.24, 2.45) is 0 Å². The Morgan fingerprint density at radius 3 is 2.48 bits per heavy atom. The summed E-state index contributed by atoms with van der Waals surface area (Å²) >= 11 is 1.39. The average molecular weight is 362 g/mol. The highest BCUT2D eigenvalue weighted by Gasteiger charge is 2.30. The standard InChI is InChI=1S/C18H13F3N2OS/c1-11-16(13-5-7-14(8-6-13)18(19,20)21)23-17(25-11)22-15-4-2-3-12(9-15)10-24/h2-10H,1H3,(H,22,23). The third-order valence-electron chi connectivity index (χ3n) is 3.56. The monoisotopic (exact) mass is 362 g/mol. The first-order valence-corrected chi connectivity index (χ1v) is 8.16.